The van der Waals surface area contributed by atoms with Gasteiger partial charge in [0.2, 0.25) is 0 Å². The van der Waals surface area contributed by atoms with Gasteiger partial charge in [-0.15, -0.1) is 10.2 Å². The van der Waals surface area contributed by atoms with E-state index < -0.39 is 6.10 Å². The van der Waals surface area contributed by atoms with Gasteiger partial charge in [0, 0.05) is 38.8 Å². The highest BCUT2D eigenvalue weighted by Gasteiger charge is 2.24. The van der Waals surface area contributed by atoms with Crippen LogP contribution < -0.4 is 0 Å². The molecule has 1 unspecified atom stereocenters. The summed E-state index contributed by atoms with van der Waals surface area (Å²) in [6, 6.07) is 10.0. The van der Waals surface area contributed by atoms with Gasteiger partial charge in [0.05, 0.1) is 6.54 Å². The largest absolute Gasteiger partial charge is 0.384 e. The second-order valence-corrected chi connectivity index (χ2v) is 6.14. The Hall–Kier alpha value is -2.25. The lowest BCUT2D eigenvalue weighted by molar-refractivity contribution is -0.141. The predicted molar refractivity (Wildman–Crippen MR) is 90.0 cm³/mol. The third-order valence-corrected chi connectivity index (χ3v) is 4.40. The fraction of sp³-hybridized carbons (Fsp3) is 0.471. The average Bonchev–Trinajstić information content (AvgIpc) is 2.96. The van der Waals surface area contributed by atoms with Gasteiger partial charge in [-0.2, -0.15) is 0 Å². The molecule has 7 heteroatoms. The molecule has 1 saturated heterocycles. The normalized spacial score (nSPS) is 17.0. The third kappa shape index (κ3) is 3.47. The summed E-state index contributed by atoms with van der Waals surface area (Å²) in [6.45, 7) is 5.02. The van der Waals surface area contributed by atoms with Crippen molar-refractivity contribution >= 4 is 5.91 Å². The minimum Gasteiger partial charge on any atom is -0.384 e. The molecule has 3 rings (SSSR count). The van der Waals surface area contributed by atoms with E-state index in [9.17, 15) is 9.90 Å². The summed E-state index contributed by atoms with van der Waals surface area (Å²) >= 11 is 0. The van der Waals surface area contributed by atoms with Crippen LogP contribution in [0.1, 0.15) is 12.7 Å². The highest BCUT2D eigenvalue weighted by Crippen LogP contribution is 2.17. The first-order valence-corrected chi connectivity index (χ1v) is 8.19. The van der Waals surface area contributed by atoms with Crippen molar-refractivity contribution in [3.8, 4) is 11.4 Å². The van der Waals surface area contributed by atoms with E-state index >= 15 is 0 Å². The van der Waals surface area contributed by atoms with E-state index in [0.29, 0.717) is 19.6 Å². The Morgan fingerprint density at radius 3 is 2.46 bits per heavy atom. The van der Waals surface area contributed by atoms with E-state index in [1.54, 1.807) is 4.90 Å². The van der Waals surface area contributed by atoms with Crippen molar-refractivity contribution in [2.45, 2.75) is 19.6 Å². The first-order chi connectivity index (χ1) is 11.6. The van der Waals surface area contributed by atoms with Gasteiger partial charge in [-0.1, -0.05) is 30.3 Å². The number of nitrogens with zero attached hydrogens (tertiary/aromatic N) is 5. The van der Waals surface area contributed by atoms with Crippen molar-refractivity contribution in [1.29, 1.82) is 0 Å². The maximum atomic E-state index is 11.8. The Kier molecular flexibility index (Phi) is 4.92. The summed E-state index contributed by atoms with van der Waals surface area (Å²) in [7, 11) is 1.98. The monoisotopic (exact) mass is 329 g/mol. The summed E-state index contributed by atoms with van der Waals surface area (Å²) in [4.78, 5) is 15.8. The molecule has 1 N–H and O–H groups in total. The van der Waals surface area contributed by atoms with Crippen LogP contribution in [0.4, 0.5) is 0 Å². The molecule has 7 nitrogen and oxygen atoms in total. The zero-order valence-corrected chi connectivity index (χ0v) is 14.1. The molecule has 1 atom stereocenters. The van der Waals surface area contributed by atoms with Gasteiger partial charge in [-0.3, -0.25) is 9.69 Å². The lowest BCUT2D eigenvalue weighted by Gasteiger charge is -2.34. The molecule has 24 heavy (non-hydrogen) atoms. The van der Waals surface area contributed by atoms with Crippen LogP contribution >= 0.6 is 0 Å². The van der Waals surface area contributed by atoms with Gasteiger partial charge in [0.1, 0.15) is 11.9 Å². The van der Waals surface area contributed by atoms with Crippen LogP contribution in [-0.2, 0) is 18.4 Å². The third-order valence-electron chi connectivity index (χ3n) is 4.40. The van der Waals surface area contributed by atoms with E-state index in [1.165, 1.54) is 6.92 Å². The van der Waals surface area contributed by atoms with E-state index in [1.807, 2.05) is 41.9 Å². The zero-order chi connectivity index (χ0) is 17.1. The van der Waals surface area contributed by atoms with Gasteiger partial charge in [0.15, 0.2) is 5.82 Å². The highest BCUT2D eigenvalue weighted by atomic mass is 16.3. The van der Waals surface area contributed by atoms with Crippen molar-refractivity contribution < 1.29 is 9.90 Å². The maximum Gasteiger partial charge on any atom is 0.251 e. The molecular weight excluding hydrogens is 306 g/mol. The standard InChI is InChI=1S/C17H23N5O2/c1-13(23)17(24)22-10-8-21(9-11-22)12-15-18-19-16(20(15)2)14-6-4-3-5-7-14/h3-7,13,23H,8-12H2,1-2H3. The Morgan fingerprint density at radius 2 is 1.83 bits per heavy atom. The van der Waals surface area contributed by atoms with E-state index in [2.05, 4.69) is 15.1 Å². The van der Waals surface area contributed by atoms with E-state index in [4.69, 9.17) is 0 Å². The first kappa shape index (κ1) is 16.6. The van der Waals surface area contributed by atoms with Gasteiger partial charge in [0.25, 0.3) is 5.91 Å². The molecule has 2 heterocycles. The summed E-state index contributed by atoms with van der Waals surface area (Å²) < 4.78 is 2.02. The van der Waals surface area contributed by atoms with Crippen LogP contribution in [0.25, 0.3) is 11.4 Å². The van der Waals surface area contributed by atoms with Crippen molar-refractivity contribution in [3.63, 3.8) is 0 Å². The molecule has 1 amide bonds. The molecule has 1 aromatic carbocycles. The Balaban J connectivity index is 1.62. The van der Waals surface area contributed by atoms with Crippen LogP contribution in [0.2, 0.25) is 0 Å². The molecule has 0 radical (unpaired) electrons. The molecule has 1 aromatic heterocycles. The molecule has 128 valence electrons. The summed E-state index contributed by atoms with van der Waals surface area (Å²) in [6.07, 6.45) is -0.927. The SMILES string of the molecule is CC(O)C(=O)N1CCN(Cc2nnc(-c3ccccc3)n2C)CC1. The number of amides is 1. The second kappa shape index (κ2) is 7.11. The molecule has 0 saturated carbocycles. The molecule has 0 bridgehead atoms. The Bertz CT molecular complexity index is 690. The quantitative estimate of drug-likeness (QED) is 0.884. The average molecular weight is 329 g/mol. The Morgan fingerprint density at radius 1 is 1.17 bits per heavy atom. The fourth-order valence-corrected chi connectivity index (χ4v) is 2.93. The van der Waals surface area contributed by atoms with Crippen LogP contribution in [-0.4, -0.2) is 67.9 Å². The summed E-state index contributed by atoms with van der Waals surface area (Å²) in [5, 5.41) is 18.0. The van der Waals surface area contributed by atoms with Crippen LogP contribution in [0.3, 0.4) is 0 Å². The van der Waals surface area contributed by atoms with Crippen LogP contribution in [0, 0.1) is 0 Å². The van der Waals surface area contributed by atoms with Crippen LogP contribution in [0.15, 0.2) is 30.3 Å². The minimum atomic E-state index is -0.927. The molecular formula is C17H23N5O2. The number of benzene rings is 1. The predicted octanol–water partition coefficient (Wildman–Crippen LogP) is 0.507. The van der Waals surface area contributed by atoms with Gasteiger partial charge in [-0.05, 0) is 6.92 Å². The number of aromatic nitrogens is 3. The van der Waals surface area contributed by atoms with E-state index in [0.717, 1.165) is 30.3 Å². The number of carbonyl (C=O) groups excluding carboxylic acids is 1. The number of piperazine rings is 1. The summed E-state index contributed by atoms with van der Waals surface area (Å²) in [5.41, 5.74) is 1.05. The second-order valence-electron chi connectivity index (χ2n) is 6.14. The van der Waals surface area contributed by atoms with Crippen molar-refractivity contribution in [2.24, 2.45) is 7.05 Å². The highest BCUT2D eigenvalue weighted by molar-refractivity contribution is 5.80. The maximum absolute atomic E-state index is 11.8. The number of aliphatic hydroxyl groups excluding tert-OH is 1. The molecule has 0 aliphatic carbocycles. The van der Waals surface area contributed by atoms with Crippen molar-refractivity contribution in [3.05, 3.63) is 36.2 Å². The molecule has 1 aliphatic rings. The van der Waals surface area contributed by atoms with Gasteiger partial charge >= 0.3 is 0 Å². The molecule has 1 aliphatic heterocycles. The number of carbonyl (C=O) groups is 1. The van der Waals surface area contributed by atoms with Gasteiger partial charge in [-0.25, -0.2) is 0 Å². The topological polar surface area (TPSA) is 74.5 Å². The lowest BCUT2D eigenvalue weighted by atomic mass is 10.2. The van der Waals surface area contributed by atoms with Gasteiger partial charge < -0.3 is 14.6 Å². The van der Waals surface area contributed by atoms with Crippen LogP contribution in [0.5, 0.6) is 0 Å². The number of hydrogen-bond acceptors (Lipinski definition) is 5. The summed E-state index contributed by atoms with van der Waals surface area (Å²) in [5.74, 6) is 1.57. The number of hydrogen-bond donors (Lipinski definition) is 1. The van der Waals surface area contributed by atoms with Crippen molar-refractivity contribution in [1.82, 2.24) is 24.6 Å². The Labute approximate surface area is 141 Å². The molecule has 2 aromatic rings. The minimum absolute atomic E-state index is 0.195. The van der Waals surface area contributed by atoms with E-state index in [-0.39, 0.29) is 5.91 Å². The van der Waals surface area contributed by atoms with Crippen molar-refractivity contribution in [2.75, 3.05) is 26.2 Å². The molecule has 1 fully saturated rings. The fourth-order valence-electron chi connectivity index (χ4n) is 2.93. The first-order valence-electron chi connectivity index (χ1n) is 8.19. The molecule has 0 spiro atoms. The lowest BCUT2D eigenvalue weighted by Crippen LogP contribution is -2.50. The number of aliphatic hydroxyl groups is 1. The smallest absolute Gasteiger partial charge is 0.251 e. The zero-order valence-electron chi connectivity index (χ0n) is 14.1. The number of rotatable bonds is 4.